The Bertz CT molecular complexity index is 754. The Labute approximate surface area is 109 Å². The molecule has 6 heteroatoms. The van der Waals surface area contributed by atoms with Gasteiger partial charge in [0.15, 0.2) is 22.4 Å². The van der Waals surface area contributed by atoms with Gasteiger partial charge in [0.2, 0.25) is 0 Å². The average molecular weight is 255 g/mol. The zero-order valence-corrected chi connectivity index (χ0v) is 10.5. The van der Waals surface area contributed by atoms with E-state index in [4.69, 9.17) is 0 Å². The van der Waals surface area contributed by atoms with Gasteiger partial charge in [0.05, 0.1) is 6.33 Å². The average Bonchev–Trinajstić information content (AvgIpc) is 2.84. The topological polar surface area (TPSA) is 65.6 Å². The Morgan fingerprint density at radius 1 is 1.16 bits per heavy atom. The molecule has 0 aliphatic rings. The molecule has 0 aliphatic heterocycles. The quantitative estimate of drug-likeness (QED) is 0.709. The van der Waals surface area contributed by atoms with Crippen molar-refractivity contribution in [3.05, 3.63) is 47.4 Å². The number of aryl methyl sites for hydroxylation is 1. The largest absolute Gasteiger partial charge is 0.315 e. The third-order valence-electron chi connectivity index (χ3n) is 2.89. The molecular formula is C13H13N5O. The van der Waals surface area contributed by atoms with Crippen molar-refractivity contribution >= 4 is 11.2 Å². The molecule has 0 saturated heterocycles. The molecule has 0 atom stereocenters. The number of hydrogen-bond donors (Lipinski definition) is 0. The Balaban J connectivity index is 2.19. The molecule has 0 aliphatic carbocycles. The van der Waals surface area contributed by atoms with E-state index in [0.717, 1.165) is 24.1 Å². The van der Waals surface area contributed by atoms with Gasteiger partial charge < -0.3 is 9.13 Å². The maximum atomic E-state index is 11.1. The van der Waals surface area contributed by atoms with Gasteiger partial charge in [0.25, 0.3) is 0 Å². The summed E-state index contributed by atoms with van der Waals surface area (Å²) < 4.78 is 3.78. The van der Waals surface area contributed by atoms with Crippen LogP contribution in [0.5, 0.6) is 0 Å². The van der Waals surface area contributed by atoms with Gasteiger partial charge in [0.1, 0.15) is 6.33 Å². The highest BCUT2D eigenvalue weighted by Gasteiger charge is 2.10. The van der Waals surface area contributed by atoms with Crippen molar-refractivity contribution < 1.29 is 0 Å². The molecule has 0 N–H and O–H groups in total. The van der Waals surface area contributed by atoms with Crippen molar-refractivity contribution in [3.8, 4) is 5.82 Å². The molecule has 96 valence electrons. The second kappa shape index (κ2) is 4.64. The van der Waals surface area contributed by atoms with Crippen LogP contribution in [0.15, 0.2) is 42.0 Å². The van der Waals surface area contributed by atoms with Crippen molar-refractivity contribution in [3.63, 3.8) is 0 Å². The number of fused-ring (bicyclic) bond motifs is 1. The van der Waals surface area contributed by atoms with Crippen LogP contribution in [0.25, 0.3) is 17.0 Å². The number of aromatic nitrogens is 5. The number of hydrogen-bond acceptors (Lipinski definition) is 4. The van der Waals surface area contributed by atoms with Gasteiger partial charge in [0, 0.05) is 31.1 Å². The highest BCUT2D eigenvalue weighted by molar-refractivity contribution is 5.78. The standard InChI is InChI=1S/C13H13N5O/c1-2-5-18-9-16-11-12(14-8-15-13(11)18)17-6-3-10(19)4-7-17/h3-4,6-9H,2,5H2,1H3. The summed E-state index contributed by atoms with van der Waals surface area (Å²) in [7, 11) is 0. The monoisotopic (exact) mass is 255 g/mol. The third-order valence-corrected chi connectivity index (χ3v) is 2.89. The smallest absolute Gasteiger partial charge is 0.181 e. The van der Waals surface area contributed by atoms with Crippen LogP contribution >= 0.6 is 0 Å². The van der Waals surface area contributed by atoms with E-state index < -0.39 is 0 Å². The van der Waals surface area contributed by atoms with E-state index in [0.29, 0.717) is 5.82 Å². The first-order valence-electron chi connectivity index (χ1n) is 6.14. The van der Waals surface area contributed by atoms with E-state index in [1.165, 1.54) is 18.5 Å². The number of rotatable bonds is 3. The zero-order valence-electron chi connectivity index (χ0n) is 10.5. The van der Waals surface area contributed by atoms with Crippen LogP contribution in [0.3, 0.4) is 0 Å². The fourth-order valence-corrected chi connectivity index (χ4v) is 2.02. The van der Waals surface area contributed by atoms with Crippen LogP contribution in [0.4, 0.5) is 0 Å². The predicted molar refractivity (Wildman–Crippen MR) is 71.2 cm³/mol. The van der Waals surface area contributed by atoms with Crippen molar-refractivity contribution in [2.75, 3.05) is 0 Å². The minimum atomic E-state index is -0.0296. The first kappa shape index (κ1) is 11.6. The van der Waals surface area contributed by atoms with Gasteiger partial charge in [-0.1, -0.05) is 6.92 Å². The van der Waals surface area contributed by atoms with Crippen molar-refractivity contribution in [2.45, 2.75) is 19.9 Å². The van der Waals surface area contributed by atoms with Crippen LogP contribution in [-0.2, 0) is 6.54 Å². The molecule has 3 aromatic rings. The molecule has 6 nitrogen and oxygen atoms in total. The highest BCUT2D eigenvalue weighted by atomic mass is 16.1. The highest BCUT2D eigenvalue weighted by Crippen LogP contribution is 2.16. The summed E-state index contributed by atoms with van der Waals surface area (Å²) in [5, 5.41) is 0. The predicted octanol–water partition coefficient (Wildman–Crippen LogP) is 1.39. The first-order valence-corrected chi connectivity index (χ1v) is 6.14. The minimum Gasteiger partial charge on any atom is -0.315 e. The SMILES string of the molecule is CCCn1cnc2c(-n3ccc(=O)cc3)ncnc21. The maximum Gasteiger partial charge on any atom is 0.181 e. The first-order chi connectivity index (χ1) is 9.29. The van der Waals surface area contributed by atoms with E-state index in [1.807, 2.05) is 4.57 Å². The molecule has 3 rings (SSSR count). The lowest BCUT2D eigenvalue weighted by Crippen LogP contribution is -2.05. The molecule has 0 radical (unpaired) electrons. The summed E-state index contributed by atoms with van der Waals surface area (Å²) in [6.45, 7) is 2.98. The summed E-state index contributed by atoms with van der Waals surface area (Å²) in [5.41, 5.74) is 1.52. The summed E-state index contributed by atoms with van der Waals surface area (Å²) in [6.07, 6.45) is 7.67. The second-order valence-corrected chi connectivity index (χ2v) is 4.25. The number of nitrogens with zero attached hydrogens (tertiary/aromatic N) is 5. The molecule has 0 fully saturated rings. The normalized spacial score (nSPS) is 11.0. The van der Waals surface area contributed by atoms with Gasteiger partial charge in [-0.15, -0.1) is 0 Å². The molecule has 0 bridgehead atoms. The molecule has 19 heavy (non-hydrogen) atoms. The second-order valence-electron chi connectivity index (χ2n) is 4.25. The summed E-state index contributed by atoms with van der Waals surface area (Å²) in [6, 6.07) is 2.99. The summed E-state index contributed by atoms with van der Waals surface area (Å²) >= 11 is 0. The lowest BCUT2D eigenvalue weighted by atomic mass is 10.4. The van der Waals surface area contributed by atoms with E-state index in [1.54, 1.807) is 23.3 Å². The van der Waals surface area contributed by atoms with E-state index in [2.05, 4.69) is 21.9 Å². The van der Waals surface area contributed by atoms with Crippen molar-refractivity contribution in [2.24, 2.45) is 0 Å². The molecule has 0 saturated carbocycles. The molecule has 0 amide bonds. The zero-order chi connectivity index (χ0) is 13.2. The maximum absolute atomic E-state index is 11.1. The van der Waals surface area contributed by atoms with Gasteiger partial charge in [-0.3, -0.25) is 4.79 Å². The van der Waals surface area contributed by atoms with Gasteiger partial charge in [-0.05, 0) is 6.42 Å². The number of imidazole rings is 1. The summed E-state index contributed by atoms with van der Waals surface area (Å²) in [4.78, 5) is 24.0. The van der Waals surface area contributed by atoms with Crippen LogP contribution in [0, 0.1) is 0 Å². The Morgan fingerprint density at radius 2 is 1.95 bits per heavy atom. The molecule has 0 spiro atoms. The van der Waals surface area contributed by atoms with Gasteiger partial charge in [-0.25, -0.2) is 15.0 Å². The minimum absolute atomic E-state index is 0.0296. The van der Waals surface area contributed by atoms with E-state index >= 15 is 0 Å². The van der Waals surface area contributed by atoms with Crippen molar-refractivity contribution in [1.29, 1.82) is 0 Å². The van der Waals surface area contributed by atoms with Crippen LogP contribution < -0.4 is 5.43 Å². The fraction of sp³-hybridized carbons (Fsp3) is 0.231. The van der Waals surface area contributed by atoms with Crippen LogP contribution in [0.1, 0.15) is 13.3 Å². The van der Waals surface area contributed by atoms with Crippen LogP contribution in [-0.4, -0.2) is 24.1 Å². The molecular weight excluding hydrogens is 242 g/mol. The van der Waals surface area contributed by atoms with E-state index in [-0.39, 0.29) is 5.43 Å². The van der Waals surface area contributed by atoms with Crippen molar-refractivity contribution in [1.82, 2.24) is 24.1 Å². The molecule has 3 aromatic heterocycles. The Morgan fingerprint density at radius 3 is 2.68 bits per heavy atom. The lowest BCUT2D eigenvalue weighted by Gasteiger charge is -2.05. The Hall–Kier alpha value is -2.50. The summed E-state index contributed by atoms with van der Waals surface area (Å²) in [5.74, 6) is 0.680. The fourth-order valence-electron chi connectivity index (χ4n) is 2.02. The molecule has 0 aromatic carbocycles. The van der Waals surface area contributed by atoms with Crippen LogP contribution in [0.2, 0.25) is 0 Å². The number of pyridine rings is 1. The van der Waals surface area contributed by atoms with Gasteiger partial charge >= 0.3 is 0 Å². The Kier molecular flexibility index (Phi) is 2.83. The van der Waals surface area contributed by atoms with Gasteiger partial charge in [-0.2, -0.15) is 0 Å². The molecule has 3 heterocycles. The molecule has 0 unspecified atom stereocenters. The third kappa shape index (κ3) is 2.01. The van der Waals surface area contributed by atoms with E-state index in [9.17, 15) is 4.79 Å². The lowest BCUT2D eigenvalue weighted by molar-refractivity contribution is 0.691.